The fourth-order valence-corrected chi connectivity index (χ4v) is 6.96. The van der Waals surface area contributed by atoms with E-state index in [2.05, 4.69) is 5.32 Å². The molecule has 30 heavy (non-hydrogen) atoms. The Labute approximate surface area is 185 Å². The molecule has 1 unspecified atom stereocenters. The molecular formula is C24H34ClN3O2. The molecule has 2 atom stereocenters. The number of rotatable bonds is 5. The molecule has 0 radical (unpaired) electrons. The van der Waals surface area contributed by atoms with Crippen LogP contribution in [-0.2, 0) is 16.0 Å². The van der Waals surface area contributed by atoms with Gasteiger partial charge in [-0.2, -0.15) is 0 Å². The molecular weight excluding hydrogens is 398 g/mol. The van der Waals surface area contributed by atoms with E-state index in [0.29, 0.717) is 37.3 Å². The van der Waals surface area contributed by atoms with Gasteiger partial charge in [-0.1, -0.05) is 30.3 Å². The number of amides is 2. The summed E-state index contributed by atoms with van der Waals surface area (Å²) < 4.78 is 0. The summed E-state index contributed by atoms with van der Waals surface area (Å²) in [5, 5.41) is 3.24. The lowest BCUT2D eigenvalue weighted by atomic mass is 9.49. The van der Waals surface area contributed by atoms with Crippen LogP contribution in [0.3, 0.4) is 0 Å². The van der Waals surface area contributed by atoms with Gasteiger partial charge in [-0.05, 0) is 68.3 Å². The maximum Gasteiger partial charge on any atom is 0.245 e. The van der Waals surface area contributed by atoms with Crippen molar-refractivity contribution in [2.24, 2.45) is 28.9 Å². The molecule has 6 heteroatoms. The molecule has 2 amide bonds. The van der Waals surface area contributed by atoms with Gasteiger partial charge in [-0.25, -0.2) is 0 Å². The summed E-state index contributed by atoms with van der Waals surface area (Å²) in [5.74, 6) is 2.31. The summed E-state index contributed by atoms with van der Waals surface area (Å²) in [5.41, 5.74) is 6.89. The molecule has 5 fully saturated rings. The van der Waals surface area contributed by atoms with Crippen LogP contribution in [0.2, 0.25) is 0 Å². The number of nitrogens with two attached hydrogens (primary N) is 1. The minimum Gasteiger partial charge on any atom is -0.343 e. The zero-order valence-electron chi connectivity index (χ0n) is 17.6. The highest BCUT2D eigenvalue weighted by atomic mass is 35.5. The molecule has 164 valence electrons. The Kier molecular flexibility index (Phi) is 6.13. The van der Waals surface area contributed by atoms with Crippen LogP contribution in [0.15, 0.2) is 30.3 Å². The maximum atomic E-state index is 13.6. The number of hydrogen-bond donors (Lipinski definition) is 2. The number of nitrogens with one attached hydrogen (secondary N) is 1. The number of nitrogens with zero attached hydrogens (tertiary/aromatic N) is 1. The zero-order valence-corrected chi connectivity index (χ0v) is 18.4. The van der Waals surface area contributed by atoms with Gasteiger partial charge in [-0.15, -0.1) is 12.4 Å². The van der Waals surface area contributed by atoms with E-state index in [9.17, 15) is 9.59 Å². The van der Waals surface area contributed by atoms with Crippen LogP contribution < -0.4 is 11.1 Å². The third-order valence-corrected chi connectivity index (χ3v) is 7.94. The minimum atomic E-state index is -0.497. The molecule has 5 nitrogen and oxygen atoms in total. The highest BCUT2D eigenvalue weighted by Gasteiger charge is 2.55. The van der Waals surface area contributed by atoms with E-state index >= 15 is 0 Å². The molecule has 0 aromatic heterocycles. The molecule has 1 aromatic carbocycles. The molecule has 1 heterocycles. The van der Waals surface area contributed by atoms with Gasteiger partial charge in [0, 0.05) is 31.0 Å². The Hall–Kier alpha value is -1.59. The van der Waals surface area contributed by atoms with Crippen LogP contribution in [-0.4, -0.2) is 41.9 Å². The van der Waals surface area contributed by atoms with Crippen LogP contribution in [0.25, 0.3) is 0 Å². The van der Waals surface area contributed by atoms with Gasteiger partial charge in [-0.3, -0.25) is 9.59 Å². The molecule has 5 aliphatic rings. The molecule has 4 bridgehead atoms. The van der Waals surface area contributed by atoms with Crippen molar-refractivity contribution in [2.75, 3.05) is 13.1 Å². The average Bonchev–Trinajstić information content (AvgIpc) is 3.13. The number of halogens is 1. The van der Waals surface area contributed by atoms with Gasteiger partial charge < -0.3 is 16.0 Å². The first-order valence-electron chi connectivity index (χ1n) is 11.4. The Morgan fingerprint density at radius 3 is 2.20 bits per heavy atom. The van der Waals surface area contributed by atoms with Crippen molar-refractivity contribution < 1.29 is 9.59 Å². The molecule has 1 saturated heterocycles. The predicted octanol–water partition coefficient (Wildman–Crippen LogP) is 2.91. The largest absolute Gasteiger partial charge is 0.343 e. The lowest BCUT2D eigenvalue weighted by Gasteiger charge is -2.55. The van der Waals surface area contributed by atoms with E-state index in [1.807, 2.05) is 35.2 Å². The van der Waals surface area contributed by atoms with Gasteiger partial charge in [0.1, 0.15) is 6.04 Å². The summed E-state index contributed by atoms with van der Waals surface area (Å²) in [6.45, 7) is 1.29. The molecule has 4 saturated carbocycles. The van der Waals surface area contributed by atoms with Crippen LogP contribution in [0, 0.1) is 23.2 Å². The first-order valence-corrected chi connectivity index (χ1v) is 11.4. The van der Waals surface area contributed by atoms with Crippen molar-refractivity contribution in [1.29, 1.82) is 0 Å². The second kappa shape index (κ2) is 8.51. The minimum absolute atomic E-state index is 0. The average molecular weight is 432 g/mol. The number of carbonyl (C=O) groups excluding carboxylic acids is 2. The highest BCUT2D eigenvalue weighted by molar-refractivity contribution is 5.90. The maximum absolute atomic E-state index is 13.6. The van der Waals surface area contributed by atoms with Gasteiger partial charge in [0.05, 0.1) is 0 Å². The van der Waals surface area contributed by atoms with E-state index in [-0.39, 0.29) is 35.7 Å². The first-order chi connectivity index (χ1) is 14.0. The number of likely N-dealkylation sites (tertiary alicyclic amines) is 1. The topological polar surface area (TPSA) is 75.4 Å². The van der Waals surface area contributed by atoms with Gasteiger partial charge in [0.15, 0.2) is 0 Å². The van der Waals surface area contributed by atoms with E-state index in [1.54, 1.807) is 0 Å². The second-order valence-electron chi connectivity index (χ2n) is 10.2. The zero-order chi connectivity index (χ0) is 20.0. The summed E-state index contributed by atoms with van der Waals surface area (Å²) in [4.78, 5) is 28.7. The predicted molar refractivity (Wildman–Crippen MR) is 119 cm³/mol. The molecule has 6 rings (SSSR count). The number of carbonyl (C=O) groups is 2. The van der Waals surface area contributed by atoms with Crippen LogP contribution in [0.1, 0.15) is 50.5 Å². The van der Waals surface area contributed by atoms with Crippen molar-refractivity contribution in [3.05, 3.63) is 35.9 Å². The van der Waals surface area contributed by atoms with E-state index < -0.39 is 6.04 Å². The second-order valence-corrected chi connectivity index (χ2v) is 10.2. The molecule has 1 aliphatic heterocycles. The van der Waals surface area contributed by atoms with Crippen molar-refractivity contribution >= 4 is 24.2 Å². The van der Waals surface area contributed by atoms with Crippen molar-refractivity contribution in [2.45, 2.75) is 63.5 Å². The molecule has 1 aromatic rings. The standard InChI is InChI=1S/C24H33N3O2.ClH/c25-20-6-7-27(15-20)22(28)21(11-16-4-2-1-3-5-16)26-23(29)24-12-17-8-18(13-24)10-19(9-17)14-24;/h1-5,17-21H,6-15,25H2,(H,26,29);1H/t17?,18?,19?,20-,21?,24?;/m1./s1. The van der Waals surface area contributed by atoms with E-state index in [0.717, 1.165) is 31.2 Å². The van der Waals surface area contributed by atoms with Crippen molar-refractivity contribution in [3.8, 4) is 0 Å². The van der Waals surface area contributed by atoms with Crippen LogP contribution >= 0.6 is 12.4 Å². The van der Waals surface area contributed by atoms with E-state index in [1.165, 1.54) is 19.3 Å². The Morgan fingerprint density at radius 1 is 1.07 bits per heavy atom. The van der Waals surface area contributed by atoms with Gasteiger partial charge in [0.2, 0.25) is 11.8 Å². The SMILES string of the molecule is Cl.N[C@@H]1CCN(C(=O)C(Cc2ccccc2)NC(=O)C23CC4CC(CC(C4)C2)C3)C1. The third kappa shape index (κ3) is 4.11. The normalized spacial score (nSPS) is 35.0. The monoisotopic (exact) mass is 431 g/mol. The number of hydrogen-bond acceptors (Lipinski definition) is 3. The van der Waals surface area contributed by atoms with Crippen molar-refractivity contribution in [1.82, 2.24) is 10.2 Å². The summed E-state index contributed by atoms with van der Waals surface area (Å²) in [7, 11) is 0. The molecule has 3 N–H and O–H groups in total. The fraction of sp³-hybridized carbons (Fsp3) is 0.667. The summed E-state index contributed by atoms with van der Waals surface area (Å²) in [6.07, 6.45) is 8.37. The Bertz CT molecular complexity index is 749. The van der Waals surface area contributed by atoms with Crippen LogP contribution in [0.4, 0.5) is 0 Å². The highest BCUT2D eigenvalue weighted by Crippen LogP contribution is 2.60. The summed E-state index contributed by atoms with van der Waals surface area (Å²) in [6, 6.07) is 9.58. The van der Waals surface area contributed by atoms with Crippen molar-refractivity contribution in [3.63, 3.8) is 0 Å². The quantitative estimate of drug-likeness (QED) is 0.752. The van der Waals surface area contributed by atoms with Gasteiger partial charge in [0.25, 0.3) is 0 Å². The smallest absolute Gasteiger partial charge is 0.245 e. The first kappa shape index (κ1) is 21.6. The van der Waals surface area contributed by atoms with Gasteiger partial charge >= 0.3 is 0 Å². The third-order valence-electron chi connectivity index (χ3n) is 7.94. The Morgan fingerprint density at radius 2 is 1.67 bits per heavy atom. The molecule has 4 aliphatic carbocycles. The summed E-state index contributed by atoms with van der Waals surface area (Å²) >= 11 is 0. The Balaban J connectivity index is 0.00000218. The van der Waals surface area contributed by atoms with E-state index in [4.69, 9.17) is 5.73 Å². The lowest BCUT2D eigenvalue weighted by molar-refractivity contribution is -0.149. The lowest BCUT2D eigenvalue weighted by Crippen LogP contribution is -2.58. The van der Waals surface area contributed by atoms with Crippen LogP contribution in [0.5, 0.6) is 0 Å². The fourth-order valence-electron chi connectivity index (χ4n) is 6.96. The number of benzene rings is 1. The molecule has 0 spiro atoms.